The van der Waals surface area contributed by atoms with Gasteiger partial charge in [0.2, 0.25) is 0 Å². The molecule has 0 radical (unpaired) electrons. The Bertz CT molecular complexity index is 600. The highest BCUT2D eigenvalue weighted by molar-refractivity contribution is 7.80. The first-order chi connectivity index (χ1) is 10.3. The molecule has 1 unspecified atom stereocenters. The van der Waals surface area contributed by atoms with Gasteiger partial charge in [-0.2, -0.15) is 0 Å². The van der Waals surface area contributed by atoms with Crippen LogP contribution in [-0.4, -0.2) is 22.7 Å². The average Bonchev–Trinajstić information content (AvgIpc) is 2.91. The first-order valence-corrected chi connectivity index (χ1v) is 7.64. The molecular formula is C17H19N3S. The minimum absolute atomic E-state index is 0.397. The topological polar surface area (TPSA) is 18.5 Å². The largest absolute Gasteiger partial charge is 0.331 e. The monoisotopic (exact) mass is 297 g/mol. The van der Waals surface area contributed by atoms with Gasteiger partial charge < -0.3 is 5.32 Å². The molecule has 4 heteroatoms. The van der Waals surface area contributed by atoms with Crippen LogP contribution in [0.2, 0.25) is 0 Å². The molecule has 2 aromatic rings. The number of anilines is 2. The molecule has 1 saturated heterocycles. The van der Waals surface area contributed by atoms with Gasteiger partial charge in [-0.05, 0) is 49.8 Å². The van der Waals surface area contributed by atoms with Crippen LogP contribution < -0.4 is 10.3 Å². The van der Waals surface area contributed by atoms with Crippen molar-refractivity contribution < 1.29 is 0 Å². The zero-order valence-electron chi connectivity index (χ0n) is 12.1. The SMILES string of the molecule is CC1CCN(c2ccccc2)N1C(=S)Nc1ccccc1. The molecule has 1 heterocycles. The Morgan fingerprint density at radius 3 is 2.33 bits per heavy atom. The fourth-order valence-corrected chi connectivity index (χ4v) is 3.04. The van der Waals surface area contributed by atoms with Gasteiger partial charge in [-0.25, -0.2) is 0 Å². The maximum Gasteiger partial charge on any atom is 0.192 e. The second-order valence-electron chi connectivity index (χ2n) is 5.24. The van der Waals surface area contributed by atoms with Crippen LogP contribution in [0.3, 0.4) is 0 Å². The van der Waals surface area contributed by atoms with E-state index in [1.165, 1.54) is 5.69 Å². The van der Waals surface area contributed by atoms with Crippen LogP contribution in [0.15, 0.2) is 60.7 Å². The number of nitrogens with one attached hydrogen (secondary N) is 1. The highest BCUT2D eigenvalue weighted by Gasteiger charge is 2.30. The molecule has 0 bridgehead atoms. The molecule has 0 spiro atoms. The number of benzene rings is 2. The molecule has 21 heavy (non-hydrogen) atoms. The number of thiocarbonyl (C=S) groups is 1. The summed E-state index contributed by atoms with van der Waals surface area (Å²) >= 11 is 5.62. The zero-order valence-corrected chi connectivity index (χ0v) is 12.9. The molecule has 108 valence electrons. The van der Waals surface area contributed by atoms with Crippen LogP contribution in [0.1, 0.15) is 13.3 Å². The maximum atomic E-state index is 5.62. The van der Waals surface area contributed by atoms with Gasteiger partial charge in [0.1, 0.15) is 0 Å². The van der Waals surface area contributed by atoms with Crippen LogP contribution in [0.5, 0.6) is 0 Å². The van der Waals surface area contributed by atoms with Crippen molar-refractivity contribution in [3.8, 4) is 0 Å². The standard InChI is InChI=1S/C17H19N3S/c1-14-12-13-19(16-10-6-3-7-11-16)20(14)17(21)18-15-8-4-2-5-9-15/h2-11,14H,12-13H2,1H3,(H,18,21). The van der Waals surface area contributed by atoms with E-state index in [0.29, 0.717) is 6.04 Å². The van der Waals surface area contributed by atoms with E-state index in [1.54, 1.807) is 0 Å². The Hall–Kier alpha value is -2.07. The molecule has 1 aliphatic rings. The second kappa shape index (κ2) is 6.14. The fraction of sp³-hybridized carbons (Fsp3) is 0.235. The van der Waals surface area contributed by atoms with Crippen molar-refractivity contribution in [2.45, 2.75) is 19.4 Å². The maximum absolute atomic E-state index is 5.62. The Labute approximate surface area is 131 Å². The van der Waals surface area contributed by atoms with Crippen LogP contribution in [0, 0.1) is 0 Å². The lowest BCUT2D eigenvalue weighted by Gasteiger charge is -2.34. The molecule has 0 amide bonds. The fourth-order valence-electron chi connectivity index (χ4n) is 2.64. The van der Waals surface area contributed by atoms with E-state index >= 15 is 0 Å². The summed E-state index contributed by atoms with van der Waals surface area (Å²) in [5.74, 6) is 0. The number of hydrogen-bond donors (Lipinski definition) is 1. The smallest absolute Gasteiger partial charge is 0.192 e. The van der Waals surface area contributed by atoms with Gasteiger partial charge >= 0.3 is 0 Å². The van der Waals surface area contributed by atoms with Gasteiger partial charge in [0.15, 0.2) is 5.11 Å². The quantitative estimate of drug-likeness (QED) is 0.847. The van der Waals surface area contributed by atoms with Crippen LogP contribution in [0.4, 0.5) is 11.4 Å². The molecule has 1 aliphatic heterocycles. The van der Waals surface area contributed by atoms with E-state index in [4.69, 9.17) is 12.2 Å². The van der Waals surface area contributed by atoms with Gasteiger partial charge in [0.05, 0.1) is 11.7 Å². The van der Waals surface area contributed by atoms with Gasteiger partial charge in [-0.3, -0.25) is 10.0 Å². The molecular weight excluding hydrogens is 278 g/mol. The molecule has 2 aromatic carbocycles. The molecule has 0 aliphatic carbocycles. The van der Waals surface area contributed by atoms with Crippen molar-refractivity contribution in [2.75, 3.05) is 16.9 Å². The lowest BCUT2D eigenvalue weighted by Crippen LogP contribution is -2.46. The summed E-state index contributed by atoms with van der Waals surface area (Å²) in [6, 6.07) is 20.9. The van der Waals surface area contributed by atoms with Crippen molar-refractivity contribution in [1.29, 1.82) is 0 Å². The van der Waals surface area contributed by atoms with E-state index in [1.807, 2.05) is 36.4 Å². The Balaban J connectivity index is 1.79. The summed E-state index contributed by atoms with van der Waals surface area (Å²) in [7, 11) is 0. The minimum atomic E-state index is 0.397. The number of para-hydroxylation sites is 2. The van der Waals surface area contributed by atoms with Crippen LogP contribution >= 0.6 is 12.2 Å². The minimum Gasteiger partial charge on any atom is -0.331 e. The third-order valence-corrected chi connectivity index (χ3v) is 4.01. The van der Waals surface area contributed by atoms with E-state index in [9.17, 15) is 0 Å². The number of hydrogen-bond acceptors (Lipinski definition) is 2. The lowest BCUT2D eigenvalue weighted by molar-refractivity contribution is 0.392. The number of hydrazine groups is 1. The zero-order chi connectivity index (χ0) is 14.7. The summed E-state index contributed by atoms with van der Waals surface area (Å²) < 4.78 is 0. The summed E-state index contributed by atoms with van der Waals surface area (Å²) in [6.45, 7) is 3.20. The molecule has 0 saturated carbocycles. The third-order valence-electron chi connectivity index (χ3n) is 3.72. The Morgan fingerprint density at radius 1 is 1.05 bits per heavy atom. The first-order valence-electron chi connectivity index (χ1n) is 7.23. The van der Waals surface area contributed by atoms with Crippen molar-refractivity contribution in [3.63, 3.8) is 0 Å². The normalized spacial score (nSPS) is 17.9. The molecule has 1 fully saturated rings. The molecule has 3 nitrogen and oxygen atoms in total. The highest BCUT2D eigenvalue weighted by Crippen LogP contribution is 2.26. The summed E-state index contributed by atoms with van der Waals surface area (Å²) in [4.78, 5) is 0. The Kier molecular flexibility index (Phi) is 4.06. The Morgan fingerprint density at radius 2 is 1.67 bits per heavy atom. The average molecular weight is 297 g/mol. The lowest BCUT2D eigenvalue weighted by atomic mass is 10.2. The van der Waals surface area contributed by atoms with Crippen LogP contribution in [0.25, 0.3) is 0 Å². The highest BCUT2D eigenvalue weighted by atomic mass is 32.1. The number of nitrogens with zero attached hydrogens (tertiary/aromatic N) is 2. The summed E-state index contributed by atoms with van der Waals surface area (Å²) in [5, 5.41) is 8.51. The van der Waals surface area contributed by atoms with E-state index in [-0.39, 0.29) is 0 Å². The summed E-state index contributed by atoms with van der Waals surface area (Å²) in [5.41, 5.74) is 2.20. The molecule has 3 rings (SSSR count). The third kappa shape index (κ3) is 3.00. The predicted octanol–water partition coefficient (Wildman–Crippen LogP) is 3.90. The first kappa shape index (κ1) is 13.9. The van der Waals surface area contributed by atoms with Crippen molar-refractivity contribution >= 4 is 28.7 Å². The van der Waals surface area contributed by atoms with E-state index in [0.717, 1.165) is 23.8 Å². The summed E-state index contributed by atoms with van der Waals surface area (Å²) in [6.07, 6.45) is 1.10. The predicted molar refractivity (Wildman–Crippen MR) is 92.4 cm³/mol. The van der Waals surface area contributed by atoms with Gasteiger partial charge in [-0.15, -0.1) is 0 Å². The van der Waals surface area contributed by atoms with Crippen LogP contribution in [-0.2, 0) is 0 Å². The van der Waals surface area contributed by atoms with Crippen molar-refractivity contribution in [2.24, 2.45) is 0 Å². The second-order valence-corrected chi connectivity index (χ2v) is 5.62. The van der Waals surface area contributed by atoms with E-state index < -0.39 is 0 Å². The van der Waals surface area contributed by atoms with Crippen molar-refractivity contribution in [1.82, 2.24) is 5.01 Å². The van der Waals surface area contributed by atoms with E-state index in [2.05, 4.69) is 46.5 Å². The molecule has 1 N–H and O–H groups in total. The number of rotatable bonds is 2. The van der Waals surface area contributed by atoms with Gasteiger partial charge in [0, 0.05) is 12.2 Å². The molecule has 1 atom stereocenters. The van der Waals surface area contributed by atoms with Crippen molar-refractivity contribution in [3.05, 3.63) is 60.7 Å². The van der Waals surface area contributed by atoms with Gasteiger partial charge in [0.25, 0.3) is 0 Å². The van der Waals surface area contributed by atoms with Gasteiger partial charge in [-0.1, -0.05) is 36.4 Å². The molecule has 0 aromatic heterocycles.